The summed E-state index contributed by atoms with van der Waals surface area (Å²) in [6.45, 7) is 2.03. The second-order valence-electron chi connectivity index (χ2n) is 4.32. The predicted molar refractivity (Wildman–Crippen MR) is 72.7 cm³/mol. The van der Waals surface area contributed by atoms with E-state index in [2.05, 4.69) is 0 Å². The van der Waals surface area contributed by atoms with Gasteiger partial charge in [-0.05, 0) is 25.5 Å². The van der Waals surface area contributed by atoms with E-state index in [1.165, 1.54) is 0 Å². The molecule has 1 aliphatic heterocycles. The van der Waals surface area contributed by atoms with Crippen LogP contribution in [0.5, 0.6) is 0 Å². The maximum Gasteiger partial charge on any atom is 0.324 e. The summed E-state index contributed by atoms with van der Waals surface area (Å²) in [5, 5.41) is -0.862. The Balaban J connectivity index is 2.01. The number of halogens is 1. The zero-order valence-corrected chi connectivity index (χ0v) is 11.7. The van der Waals surface area contributed by atoms with Crippen LogP contribution in [0.3, 0.4) is 0 Å². The van der Waals surface area contributed by atoms with Crippen molar-refractivity contribution in [3.63, 3.8) is 0 Å². The van der Waals surface area contributed by atoms with E-state index in [1.54, 1.807) is 31.2 Å². The molecule has 5 nitrogen and oxygen atoms in total. The number of fused-ring (bicyclic) bond motifs is 1. The predicted octanol–water partition coefficient (Wildman–Crippen LogP) is 1.84. The van der Waals surface area contributed by atoms with Gasteiger partial charge in [0.1, 0.15) is 5.38 Å². The molecule has 1 unspecified atom stereocenters. The number of ether oxygens (including phenoxy) is 1. The van der Waals surface area contributed by atoms with E-state index in [-0.39, 0.29) is 31.4 Å². The molecule has 2 amide bonds. The first-order valence-corrected chi connectivity index (χ1v) is 6.75. The Bertz CT molecular complexity index is 523. The molecule has 0 radical (unpaired) electrons. The van der Waals surface area contributed by atoms with Crippen molar-refractivity contribution in [2.24, 2.45) is 0 Å². The molecule has 20 heavy (non-hydrogen) atoms. The van der Waals surface area contributed by atoms with Gasteiger partial charge in [0.15, 0.2) is 0 Å². The van der Waals surface area contributed by atoms with E-state index in [1.807, 2.05) is 0 Å². The summed E-state index contributed by atoms with van der Waals surface area (Å²) in [6, 6.07) is 6.63. The Morgan fingerprint density at radius 2 is 1.80 bits per heavy atom. The van der Waals surface area contributed by atoms with Crippen molar-refractivity contribution in [2.75, 3.05) is 13.2 Å². The molecule has 1 aromatic carbocycles. The van der Waals surface area contributed by atoms with Crippen LogP contribution < -0.4 is 0 Å². The van der Waals surface area contributed by atoms with Gasteiger partial charge in [-0.15, -0.1) is 11.6 Å². The van der Waals surface area contributed by atoms with E-state index in [4.69, 9.17) is 16.3 Å². The second-order valence-corrected chi connectivity index (χ2v) is 4.84. The molecule has 0 aliphatic carbocycles. The standard InChI is InChI=1S/C14H14ClNO4/c1-2-20-14(19)11(15)7-8-16-12(17)9-5-3-4-6-10(9)13(16)18/h3-6,11H,2,7-8H2,1H3. The lowest BCUT2D eigenvalue weighted by Crippen LogP contribution is -2.33. The van der Waals surface area contributed by atoms with E-state index in [0.29, 0.717) is 11.1 Å². The Morgan fingerprint density at radius 1 is 1.25 bits per heavy atom. The third kappa shape index (κ3) is 2.67. The fourth-order valence-electron chi connectivity index (χ4n) is 2.04. The van der Waals surface area contributed by atoms with Crippen molar-refractivity contribution in [2.45, 2.75) is 18.7 Å². The number of benzene rings is 1. The summed E-state index contributed by atoms with van der Waals surface area (Å²) in [7, 11) is 0. The quantitative estimate of drug-likeness (QED) is 0.472. The summed E-state index contributed by atoms with van der Waals surface area (Å²) >= 11 is 5.87. The zero-order chi connectivity index (χ0) is 14.7. The van der Waals surface area contributed by atoms with Crippen LogP contribution in [0, 0.1) is 0 Å². The van der Waals surface area contributed by atoms with Gasteiger partial charge >= 0.3 is 5.97 Å². The zero-order valence-electron chi connectivity index (χ0n) is 11.0. The van der Waals surface area contributed by atoms with Crippen molar-refractivity contribution in [3.05, 3.63) is 35.4 Å². The number of esters is 1. The Labute approximate surface area is 121 Å². The first kappa shape index (κ1) is 14.5. The molecule has 1 aliphatic rings. The van der Waals surface area contributed by atoms with Crippen molar-refractivity contribution < 1.29 is 19.1 Å². The molecule has 1 aromatic rings. The van der Waals surface area contributed by atoms with Crippen LogP contribution in [0.15, 0.2) is 24.3 Å². The summed E-state index contributed by atoms with van der Waals surface area (Å²) in [4.78, 5) is 36.6. The molecule has 0 saturated heterocycles. The van der Waals surface area contributed by atoms with E-state index >= 15 is 0 Å². The molecule has 0 fully saturated rings. The van der Waals surface area contributed by atoms with Gasteiger partial charge in [-0.25, -0.2) is 0 Å². The molecular formula is C14H14ClNO4. The van der Waals surface area contributed by atoms with E-state index < -0.39 is 11.3 Å². The molecule has 1 atom stereocenters. The monoisotopic (exact) mass is 295 g/mol. The molecular weight excluding hydrogens is 282 g/mol. The van der Waals surface area contributed by atoms with Gasteiger partial charge in [-0.2, -0.15) is 0 Å². The number of carbonyl (C=O) groups excluding carboxylic acids is 3. The first-order valence-electron chi connectivity index (χ1n) is 6.32. The van der Waals surface area contributed by atoms with Crippen molar-refractivity contribution >= 4 is 29.4 Å². The Hall–Kier alpha value is -1.88. The molecule has 6 heteroatoms. The normalized spacial score (nSPS) is 15.2. The minimum absolute atomic E-state index is 0.0966. The number of alkyl halides is 1. The van der Waals surface area contributed by atoms with Crippen LogP contribution >= 0.6 is 11.6 Å². The number of rotatable bonds is 5. The third-order valence-electron chi connectivity index (χ3n) is 3.03. The summed E-state index contributed by atoms with van der Waals surface area (Å²) < 4.78 is 4.78. The van der Waals surface area contributed by atoms with Gasteiger partial charge in [0, 0.05) is 6.54 Å². The highest BCUT2D eigenvalue weighted by Gasteiger charge is 2.35. The summed E-state index contributed by atoms with van der Waals surface area (Å²) in [5.74, 6) is -1.23. The van der Waals surface area contributed by atoms with Crippen LogP contribution in [-0.4, -0.2) is 41.2 Å². The minimum atomic E-state index is -0.862. The summed E-state index contributed by atoms with van der Waals surface area (Å²) in [6.07, 6.45) is 0.172. The van der Waals surface area contributed by atoms with Gasteiger partial charge in [0.25, 0.3) is 11.8 Å². The van der Waals surface area contributed by atoms with Crippen molar-refractivity contribution in [3.8, 4) is 0 Å². The highest BCUT2D eigenvalue weighted by atomic mass is 35.5. The number of hydrogen-bond acceptors (Lipinski definition) is 4. The number of carbonyl (C=O) groups is 3. The van der Waals surface area contributed by atoms with Crippen molar-refractivity contribution in [1.82, 2.24) is 4.90 Å². The molecule has 106 valence electrons. The molecule has 0 saturated carbocycles. The minimum Gasteiger partial charge on any atom is -0.465 e. The van der Waals surface area contributed by atoms with Crippen LogP contribution in [0.2, 0.25) is 0 Å². The van der Waals surface area contributed by atoms with Gasteiger partial charge in [0.05, 0.1) is 17.7 Å². The average Bonchev–Trinajstić information content (AvgIpc) is 2.69. The largest absolute Gasteiger partial charge is 0.465 e. The fourth-order valence-corrected chi connectivity index (χ4v) is 2.20. The van der Waals surface area contributed by atoms with Crippen LogP contribution in [-0.2, 0) is 9.53 Å². The van der Waals surface area contributed by atoms with Gasteiger partial charge in [-0.3, -0.25) is 19.3 Å². The van der Waals surface area contributed by atoms with E-state index in [0.717, 1.165) is 4.90 Å². The van der Waals surface area contributed by atoms with Crippen molar-refractivity contribution in [1.29, 1.82) is 0 Å². The lowest BCUT2D eigenvalue weighted by atomic mass is 10.1. The third-order valence-corrected chi connectivity index (χ3v) is 3.42. The number of nitrogens with zero attached hydrogens (tertiary/aromatic N) is 1. The molecule has 0 spiro atoms. The summed E-state index contributed by atoms with van der Waals surface area (Å²) in [5.41, 5.74) is 0.777. The second kappa shape index (κ2) is 6.05. The number of imide groups is 1. The smallest absolute Gasteiger partial charge is 0.324 e. The van der Waals surface area contributed by atoms with Gasteiger partial charge < -0.3 is 4.74 Å². The van der Waals surface area contributed by atoms with Crippen LogP contribution in [0.1, 0.15) is 34.1 Å². The molecule has 0 N–H and O–H groups in total. The van der Waals surface area contributed by atoms with Gasteiger partial charge in [0.2, 0.25) is 0 Å². The van der Waals surface area contributed by atoms with Crippen LogP contribution in [0.25, 0.3) is 0 Å². The highest BCUT2D eigenvalue weighted by Crippen LogP contribution is 2.23. The molecule has 0 bridgehead atoms. The maximum absolute atomic E-state index is 12.1. The SMILES string of the molecule is CCOC(=O)C(Cl)CCN1C(=O)c2ccccc2C1=O. The highest BCUT2D eigenvalue weighted by molar-refractivity contribution is 6.30. The Kier molecular flexibility index (Phi) is 4.39. The Morgan fingerprint density at radius 3 is 2.30 bits per heavy atom. The fraction of sp³-hybridized carbons (Fsp3) is 0.357. The first-order chi connectivity index (χ1) is 9.56. The maximum atomic E-state index is 12.1. The topological polar surface area (TPSA) is 63.7 Å². The lowest BCUT2D eigenvalue weighted by Gasteiger charge is -2.15. The van der Waals surface area contributed by atoms with E-state index in [9.17, 15) is 14.4 Å². The van der Waals surface area contributed by atoms with Crippen LogP contribution in [0.4, 0.5) is 0 Å². The lowest BCUT2D eigenvalue weighted by molar-refractivity contribution is -0.142. The average molecular weight is 296 g/mol. The number of hydrogen-bond donors (Lipinski definition) is 0. The number of amides is 2. The molecule has 1 heterocycles. The van der Waals surface area contributed by atoms with Gasteiger partial charge in [-0.1, -0.05) is 12.1 Å². The molecule has 2 rings (SSSR count). The molecule has 0 aromatic heterocycles.